The maximum Gasteiger partial charge on any atom is 0.282 e. The van der Waals surface area contributed by atoms with Gasteiger partial charge >= 0.3 is 0 Å². The van der Waals surface area contributed by atoms with Gasteiger partial charge in [0.25, 0.3) is 11.1 Å². The van der Waals surface area contributed by atoms with Crippen molar-refractivity contribution in [2.75, 3.05) is 37.2 Å². The number of amides is 3. The van der Waals surface area contributed by atoms with Crippen molar-refractivity contribution in [3.05, 3.63) is 29.8 Å². The summed E-state index contributed by atoms with van der Waals surface area (Å²) < 4.78 is 0. The second-order valence-corrected chi connectivity index (χ2v) is 6.19. The molecule has 0 unspecified atom stereocenters. The quantitative estimate of drug-likeness (QED) is 0.866. The molecule has 1 fully saturated rings. The number of thioether (sulfide) groups is 1. The van der Waals surface area contributed by atoms with Gasteiger partial charge in [0.1, 0.15) is 6.54 Å². The third-order valence-corrected chi connectivity index (χ3v) is 4.52. The van der Waals surface area contributed by atoms with Gasteiger partial charge in [-0.3, -0.25) is 14.4 Å². The van der Waals surface area contributed by atoms with E-state index in [1.807, 2.05) is 13.8 Å². The predicted molar refractivity (Wildman–Crippen MR) is 91.8 cm³/mol. The molecule has 0 radical (unpaired) electrons. The van der Waals surface area contributed by atoms with E-state index in [0.717, 1.165) is 5.75 Å². The molecule has 1 aromatic carbocycles. The zero-order valence-corrected chi connectivity index (χ0v) is 14.2. The van der Waals surface area contributed by atoms with E-state index in [0.29, 0.717) is 30.9 Å². The fourth-order valence-corrected chi connectivity index (χ4v) is 3.19. The Hall–Kier alpha value is -2.02. The lowest BCUT2D eigenvalue weighted by molar-refractivity contribution is -0.116. The highest BCUT2D eigenvalue weighted by Crippen LogP contribution is 2.17. The van der Waals surface area contributed by atoms with Crippen molar-refractivity contribution >= 4 is 34.5 Å². The van der Waals surface area contributed by atoms with Crippen LogP contribution in [0.5, 0.6) is 0 Å². The Morgan fingerprint density at radius 1 is 1.30 bits per heavy atom. The molecule has 23 heavy (non-hydrogen) atoms. The minimum absolute atomic E-state index is 0.0417. The summed E-state index contributed by atoms with van der Waals surface area (Å²) in [7, 11) is 0. The SMILES string of the molecule is CCN(CC)C(=O)c1cccc(NC(=O)CN2CCSC2=O)c1. The van der Waals surface area contributed by atoms with Crippen LogP contribution >= 0.6 is 11.8 Å². The standard InChI is InChI=1S/C16H21N3O3S/c1-3-18(4-2)15(21)12-6-5-7-13(10-12)17-14(20)11-19-8-9-23-16(19)22/h5-7,10H,3-4,8-9,11H2,1-2H3,(H,17,20). The second kappa shape index (κ2) is 8.01. The van der Waals surface area contributed by atoms with E-state index in [-0.39, 0.29) is 23.6 Å². The topological polar surface area (TPSA) is 69.7 Å². The number of carbonyl (C=O) groups excluding carboxylic acids is 3. The van der Waals surface area contributed by atoms with Crippen molar-refractivity contribution < 1.29 is 14.4 Å². The minimum Gasteiger partial charge on any atom is -0.339 e. The summed E-state index contributed by atoms with van der Waals surface area (Å²) >= 11 is 1.23. The van der Waals surface area contributed by atoms with Gasteiger partial charge in [0.05, 0.1) is 0 Å². The van der Waals surface area contributed by atoms with E-state index < -0.39 is 0 Å². The van der Waals surface area contributed by atoms with Gasteiger partial charge in [-0.25, -0.2) is 0 Å². The van der Waals surface area contributed by atoms with Crippen molar-refractivity contribution in [3.63, 3.8) is 0 Å². The van der Waals surface area contributed by atoms with E-state index in [1.54, 1.807) is 29.2 Å². The zero-order chi connectivity index (χ0) is 16.8. The van der Waals surface area contributed by atoms with Crippen LogP contribution in [0.2, 0.25) is 0 Å². The number of nitrogens with one attached hydrogen (secondary N) is 1. The molecule has 124 valence electrons. The Bertz CT molecular complexity index is 602. The van der Waals surface area contributed by atoms with Crippen molar-refractivity contribution in [1.29, 1.82) is 0 Å². The van der Waals surface area contributed by atoms with Crippen LogP contribution in [0, 0.1) is 0 Å². The maximum atomic E-state index is 12.3. The van der Waals surface area contributed by atoms with E-state index in [1.165, 1.54) is 16.7 Å². The summed E-state index contributed by atoms with van der Waals surface area (Å²) in [6.45, 7) is 5.77. The van der Waals surface area contributed by atoms with Gasteiger partial charge in [-0.1, -0.05) is 17.8 Å². The third-order valence-electron chi connectivity index (χ3n) is 3.62. The summed E-state index contributed by atoms with van der Waals surface area (Å²) in [5, 5.41) is 2.68. The number of benzene rings is 1. The Balaban J connectivity index is 2.00. The first-order chi connectivity index (χ1) is 11.0. The van der Waals surface area contributed by atoms with Crippen LogP contribution < -0.4 is 5.32 Å². The molecule has 2 rings (SSSR count). The first-order valence-electron chi connectivity index (χ1n) is 7.66. The lowest BCUT2D eigenvalue weighted by Gasteiger charge is -2.19. The molecule has 1 N–H and O–H groups in total. The van der Waals surface area contributed by atoms with Crippen LogP contribution in [0.15, 0.2) is 24.3 Å². The first kappa shape index (κ1) is 17.3. The monoisotopic (exact) mass is 335 g/mol. The normalized spacial score (nSPS) is 14.0. The van der Waals surface area contributed by atoms with Gasteiger partial charge < -0.3 is 15.1 Å². The Morgan fingerprint density at radius 2 is 2.04 bits per heavy atom. The predicted octanol–water partition coefficient (Wildman–Crippen LogP) is 2.28. The molecule has 1 heterocycles. The first-order valence-corrected chi connectivity index (χ1v) is 8.64. The highest BCUT2D eigenvalue weighted by atomic mass is 32.2. The smallest absolute Gasteiger partial charge is 0.282 e. The largest absolute Gasteiger partial charge is 0.339 e. The molecular weight excluding hydrogens is 314 g/mol. The molecule has 3 amide bonds. The van der Waals surface area contributed by atoms with Gasteiger partial charge in [0.15, 0.2) is 0 Å². The fraction of sp³-hybridized carbons (Fsp3) is 0.438. The second-order valence-electron chi connectivity index (χ2n) is 5.14. The number of hydrogen-bond acceptors (Lipinski definition) is 4. The Kier molecular flexibility index (Phi) is 6.04. The van der Waals surface area contributed by atoms with Gasteiger partial charge in [-0.05, 0) is 32.0 Å². The van der Waals surface area contributed by atoms with Crippen molar-refractivity contribution in [3.8, 4) is 0 Å². The highest BCUT2D eigenvalue weighted by Gasteiger charge is 2.23. The molecule has 0 aromatic heterocycles. The van der Waals surface area contributed by atoms with E-state index in [9.17, 15) is 14.4 Å². The summed E-state index contributed by atoms with van der Waals surface area (Å²) in [4.78, 5) is 39.1. The highest BCUT2D eigenvalue weighted by molar-refractivity contribution is 8.13. The van der Waals surface area contributed by atoms with Gasteiger partial charge in [-0.2, -0.15) is 0 Å². The minimum atomic E-state index is -0.256. The Labute approximate surface area is 140 Å². The van der Waals surface area contributed by atoms with Crippen LogP contribution in [0.25, 0.3) is 0 Å². The van der Waals surface area contributed by atoms with E-state index >= 15 is 0 Å². The molecule has 0 atom stereocenters. The van der Waals surface area contributed by atoms with Crippen LogP contribution in [-0.4, -0.2) is 58.8 Å². The van der Waals surface area contributed by atoms with E-state index in [2.05, 4.69) is 5.32 Å². The summed E-state index contributed by atoms with van der Waals surface area (Å²) in [5.74, 6) is 0.408. The number of carbonyl (C=O) groups is 3. The zero-order valence-electron chi connectivity index (χ0n) is 13.4. The van der Waals surface area contributed by atoms with Crippen molar-refractivity contribution in [2.24, 2.45) is 0 Å². The van der Waals surface area contributed by atoms with Crippen LogP contribution in [0.1, 0.15) is 24.2 Å². The molecule has 0 bridgehead atoms. The van der Waals surface area contributed by atoms with Crippen molar-refractivity contribution in [1.82, 2.24) is 9.80 Å². The number of anilines is 1. The molecule has 0 spiro atoms. The van der Waals surface area contributed by atoms with Crippen LogP contribution in [-0.2, 0) is 4.79 Å². The molecule has 1 saturated heterocycles. The average Bonchev–Trinajstić information content (AvgIpc) is 2.93. The number of hydrogen-bond donors (Lipinski definition) is 1. The molecule has 1 aromatic rings. The summed E-state index contributed by atoms with van der Waals surface area (Å²) in [5.41, 5.74) is 1.10. The van der Waals surface area contributed by atoms with Crippen molar-refractivity contribution in [2.45, 2.75) is 13.8 Å². The fourth-order valence-electron chi connectivity index (χ4n) is 2.37. The maximum absolute atomic E-state index is 12.3. The van der Waals surface area contributed by atoms with Crippen LogP contribution in [0.3, 0.4) is 0 Å². The van der Waals surface area contributed by atoms with Crippen LogP contribution in [0.4, 0.5) is 10.5 Å². The molecule has 0 aliphatic carbocycles. The van der Waals surface area contributed by atoms with E-state index in [4.69, 9.17) is 0 Å². The molecule has 0 saturated carbocycles. The summed E-state index contributed by atoms with van der Waals surface area (Å²) in [6, 6.07) is 6.87. The lowest BCUT2D eigenvalue weighted by Crippen LogP contribution is -2.33. The average molecular weight is 335 g/mol. The van der Waals surface area contributed by atoms with Gasteiger partial charge in [0, 0.05) is 36.6 Å². The molecular formula is C16H21N3O3S. The van der Waals surface area contributed by atoms with Gasteiger partial charge in [0.2, 0.25) is 5.91 Å². The molecule has 1 aliphatic rings. The number of rotatable bonds is 6. The summed E-state index contributed by atoms with van der Waals surface area (Å²) in [6.07, 6.45) is 0. The molecule has 7 heteroatoms. The lowest BCUT2D eigenvalue weighted by atomic mass is 10.1. The third kappa shape index (κ3) is 4.48. The molecule has 6 nitrogen and oxygen atoms in total. The van der Waals surface area contributed by atoms with Gasteiger partial charge in [-0.15, -0.1) is 0 Å². The Morgan fingerprint density at radius 3 is 2.65 bits per heavy atom. The molecule has 1 aliphatic heterocycles. The number of nitrogens with zero attached hydrogens (tertiary/aromatic N) is 2.